The lowest BCUT2D eigenvalue weighted by Crippen LogP contribution is -2.56. The second-order valence-electron chi connectivity index (χ2n) is 6.73. The van der Waals surface area contributed by atoms with Gasteiger partial charge >= 0.3 is 0 Å². The Labute approximate surface area is 157 Å². The molecule has 2 saturated heterocycles. The zero-order valence-electron chi connectivity index (χ0n) is 14.8. The van der Waals surface area contributed by atoms with E-state index in [4.69, 9.17) is 5.73 Å². The predicted octanol–water partition coefficient (Wildman–Crippen LogP) is 0.0329. The van der Waals surface area contributed by atoms with Crippen molar-refractivity contribution in [2.75, 3.05) is 37.6 Å². The molecule has 148 valence electrons. The topological polar surface area (TPSA) is 139 Å². The number of primary amides is 1. The van der Waals surface area contributed by atoms with Gasteiger partial charge in [-0.15, -0.1) is 0 Å². The lowest BCUT2D eigenvalue weighted by Gasteiger charge is -2.33. The number of nitro groups is 1. The van der Waals surface area contributed by atoms with Crippen LogP contribution in [0.3, 0.4) is 0 Å². The van der Waals surface area contributed by atoms with Gasteiger partial charge in [0.15, 0.2) is 0 Å². The van der Waals surface area contributed by atoms with E-state index in [0.717, 1.165) is 25.3 Å². The second-order valence-corrected chi connectivity index (χ2v) is 8.67. The molecule has 1 aromatic carbocycles. The van der Waals surface area contributed by atoms with E-state index in [1.165, 1.54) is 16.4 Å². The Hall–Kier alpha value is -2.24. The molecule has 0 aromatic heterocycles. The van der Waals surface area contributed by atoms with Gasteiger partial charge in [0.25, 0.3) is 5.69 Å². The largest absolute Gasteiger partial charge is 0.368 e. The first-order valence-electron chi connectivity index (χ1n) is 8.87. The van der Waals surface area contributed by atoms with Gasteiger partial charge in [-0.1, -0.05) is 6.42 Å². The molecule has 2 aliphatic heterocycles. The summed E-state index contributed by atoms with van der Waals surface area (Å²) in [6.07, 6.45) is 2.55. The Balaban J connectivity index is 1.93. The van der Waals surface area contributed by atoms with Crippen molar-refractivity contribution in [3.05, 3.63) is 28.3 Å². The van der Waals surface area contributed by atoms with Crippen LogP contribution in [-0.4, -0.2) is 62.3 Å². The molecule has 27 heavy (non-hydrogen) atoms. The third-order valence-corrected chi connectivity index (χ3v) is 6.85. The summed E-state index contributed by atoms with van der Waals surface area (Å²) in [5.41, 5.74) is 5.31. The summed E-state index contributed by atoms with van der Waals surface area (Å²) in [5, 5.41) is 14.6. The van der Waals surface area contributed by atoms with E-state index in [0.29, 0.717) is 26.2 Å². The van der Waals surface area contributed by atoms with Gasteiger partial charge in [0.2, 0.25) is 15.9 Å². The van der Waals surface area contributed by atoms with Crippen LogP contribution in [0.4, 0.5) is 11.4 Å². The van der Waals surface area contributed by atoms with E-state index >= 15 is 0 Å². The molecule has 2 aliphatic rings. The molecule has 1 aromatic rings. The smallest absolute Gasteiger partial charge is 0.293 e. The monoisotopic (exact) mass is 397 g/mol. The molecule has 0 spiro atoms. The Kier molecular flexibility index (Phi) is 5.63. The first kappa shape index (κ1) is 19.5. The summed E-state index contributed by atoms with van der Waals surface area (Å²) in [7, 11) is -3.77. The van der Waals surface area contributed by atoms with Gasteiger partial charge in [-0.05, 0) is 25.0 Å². The van der Waals surface area contributed by atoms with Crippen LogP contribution in [0.5, 0.6) is 0 Å². The van der Waals surface area contributed by atoms with Crippen LogP contribution < -0.4 is 16.0 Å². The molecule has 1 atom stereocenters. The summed E-state index contributed by atoms with van der Waals surface area (Å²) in [4.78, 5) is 24.0. The van der Waals surface area contributed by atoms with Crippen molar-refractivity contribution in [2.45, 2.75) is 30.2 Å². The van der Waals surface area contributed by atoms with Crippen molar-refractivity contribution in [2.24, 2.45) is 5.73 Å². The van der Waals surface area contributed by atoms with Crippen LogP contribution >= 0.6 is 0 Å². The fourth-order valence-corrected chi connectivity index (χ4v) is 5.03. The molecule has 3 rings (SSSR count). The SMILES string of the molecule is NC(=O)[C@@H]1CN(c2ccc(S(=O)(=O)N3CCCCC3)cc2[N+](=O)[O-])CCN1. The van der Waals surface area contributed by atoms with E-state index in [-0.39, 0.29) is 22.8 Å². The minimum atomic E-state index is -3.77. The number of piperidine rings is 1. The molecular formula is C16H23N5O5S. The highest BCUT2D eigenvalue weighted by Gasteiger charge is 2.31. The van der Waals surface area contributed by atoms with Gasteiger partial charge in [-0.3, -0.25) is 14.9 Å². The van der Waals surface area contributed by atoms with Crippen molar-refractivity contribution < 1.29 is 18.1 Å². The molecule has 2 heterocycles. The van der Waals surface area contributed by atoms with E-state index in [2.05, 4.69) is 5.32 Å². The lowest BCUT2D eigenvalue weighted by atomic mass is 10.1. The van der Waals surface area contributed by atoms with Gasteiger partial charge in [0, 0.05) is 38.8 Å². The molecule has 0 bridgehead atoms. The number of hydrogen-bond acceptors (Lipinski definition) is 7. The standard InChI is InChI=1S/C16H23N5O5S/c17-16(22)13-11-19(9-6-18-13)14-5-4-12(10-15(14)21(23)24)27(25,26)20-7-2-1-3-8-20/h4-5,10,13,18H,1-3,6-9,11H2,(H2,17,22)/t13-/m0/s1. The number of anilines is 1. The predicted molar refractivity (Wildman–Crippen MR) is 98.9 cm³/mol. The minimum Gasteiger partial charge on any atom is -0.368 e. The number of nitrogens with one attached hydrogen (secondary N) is 1. The van der Waals surface area contributed by atoms with E-state index in [9.17, 15) is 23.3 Å². The van der Waals surface area contributed by atoms with Crippen molar-refractivity contribution in [1.82, 2.24) is 9.62 Å². The zero-order chi connectivity index (χ0) is 19.6. The van der Waals surface area contributed by atoms with Crippen molar-refractivity contribution in [3.63, 3.8) is 0 Å². The maximum atomic E-state index is 12.8. The Morgan fingerprint density at radius 2 is 1.93 bits per heavy atom. The van der Waals surface area contributed by atoms with Crippen molar-refractivity contribution in [3.8, 4) is 0 Å². The van der Waals surface area contributed by atoms with Crippen LogP contribution in [0.15, 0.2) is 23.1 Å². The van der Waals surface area contributed by atoms with Gasteiger partial charge in [0.1, 0.15) is 11.7 Å². The molecule has 0 aliphatic carbocycles. The number of rotatable bonds is 5. The van der Waals surface area contributed by atoms with E-state index < -0.39 is 26.9 Å². The Morgan fingerprint density at radius 1 is 1.22 bits per heavy atom. The van der Waals surface area contributed by atoms with Crippen LogP contribution in [0.25, 0.3) is 0 Å². The zero-order valence-corrected chi connectivity index (χ0v) is 15.7. The van der Waals surface area contributed by atoms with Crippen LogP contribution in [0.2, 0.25) is 0 Å². The number of nitro benzene ring substituents is 1. The molecule has 0 saturated carbocycles. The number of nitrogens with two attached hydrogens (primary N) is 1. The van der Waals surface area contributed by atoms with Gasteiger partial charge in [-0.2, -0.15) is 4.31 Å². The fourth-order valence-electron chi connectivity index (χ4n) is 3.49. The summed E-state index contributed by atoms with van der Waals surface area (Å²) < 4.78 is 27.0. The van der Waals surface area contributed by atoms with Crippen LogP contribution in [0.1, 0.15) is 19.3 Å². The average Bonchev–Trinajstić information content (AvgIpc) is 2.68. The number of piperazine rings is 1. The lowest BCUT2D eigenvalue weighted by molar-refractivity contribution is -0.384. The third kappa shape index (κ3) is 4.04. The first-order valence-corrected chi connectivity index (χ1v) is 10.3. The number of sulfonamides is 1. The highest BCUT2D eigenvalue weighted by Crippen LogP contribution is 2.33. The van der Waals surface area contributed by atoms with Gasteiger partial charge in [0.05, 0.1) is 9.82 Å². The summed E-state index contributed by atoms with van der Waals surface area (Å²) >= 11 is 0. The molecule has 11 heteroatoms. The second kappa shape index (κ2) is 7.79. The normalized spacial score (nSPS) is 21.8. The summed E-state index contributed by atoms with van der Waals surface area (Å²) in [5.74, 6) is -0.536. The third-order valence-electron chi connectivity index (χ3n) is 4.96. The Bertz CT molecular complexity index is 838. The van der Waals surface area contributed by atoms with Crippen molar-refractivity contribution >= 4 is 27.3 Å². The summed E-state index contributed by atoms with van der Waals surface area (Å²) in [6, 6.07) is 3.34. The number of carbonyl (C=O) groups is 1. The average molecular weight is 397 g/mol. The highest BCUT2D eigenvalue weighted by atomic mass is 32.2. The molecule has 0 unspecified atom stereocenters. The minimum absolute atomic E-state index is 0.0820. The number of nitrogens with zero attached hydrogens (tertiary/aromatic N) is 3. The quantitative estimate of drug-likeness (QED) is 0.528. The molecular weight excluding hydrogens is 374 g/mol. The molecule has 0 radical (unpaired) electrons. The molecule has 1 amide bonds. The molecule has 10 nitrogen and oxygen atoms in total. The maximum Gasteiger partial charge on any atom is 0.293 e. The summed E-state index contributed by atoms with van der Waals surface area (Å²) in [6.45, 7) is 1.93. The fraction of sp³-hybridized carbons (Fsp3) is 0.562. The first-order chi connectivity index (χ1) is 12.8. The number of benzene rings is 1. The highest BCUT2D eigenvalue weighted by molar-refractivity contribution is 7.89. The van der Waals surface area contributed by atoms with Crippen molar-refractivity contribution in [1.29, 1.82) is 0 Å². The van der Waals surface area contributed by atoms with E-state index in [1.807, 2.05) is 0 Å². The number of hydrogen-bond donors (Lipinski definition) is 2. The van der Waals surface area contributed by atoms with Gasteiger partial charge in [-0.25, -0.2) is 8.42 Å². The van der Waals surface area contributed by atoms with Gasteiger partial charge < -0.3 is 16.0 Å². The number of amides is 1. The van der Waals surface area contributed by atoms with Crippen LogP contribution in [0, 0.1) is 10.1 Å². The number of carbonyl (C=O) groups excluding carboxylic acids is 1. The maximum absolute atomic E-state index is 12.8. The van der Waals surface area contributed by atoms with E-state index in [1.54, 1.807) is 4.90 Å². The Morgan fingerprint density at radius 3 is 2.56 bits per heavy atom. The molecule has 2 fully saturated rings. The molecule has 3 N–H and O–H groups in total. The van der Waals surface area contributed by atoms with Crippen LogP contribution in [-0.2, 0) is 14.8 Å².